The molecule has 0 spiro atoms. The van der Waals surface area contributed by atoms with Crippen LogP contribution in [-0.4, -0.2) is 22.6 Å². The van der Waals surface area contributed by atoms with Crippen molar-refractivity contribution in [1.82, 2.24) is 9.97 Å². The van der Waals surface area contributed by atoms with Gasteiger partial charge in [-0.25, -0.2) is 9.97 Å². The van der Waals surface area contributed by atoms with E-state index in [-0.39, 0.29) is 6.04 Å². The molecule has 0 amide bonds. The molecule has 5 nitrogen and oxygen atoms in total. The first-order valence-electron chi connectivity index (χ1n) is 6.53. The van der Waals surface area contributed by atoms with E-state index in [1.807, 2.05) is 0 Å². The lowest BCUT2D eigenvalue weighted by Crippen LogP contribution is -2.37. The van der Waals surface area contributed by atoms with Gasteiger partial charge >= 0.3 is 0 Å². The first kappa shape index (κ1) is 12.8. The summed E-state index contributed by atoms with van der Waals surface area (Å²) in [5, 5.41) is 12.3. The van der Waals surface area contributed by atoms with Crippen molar-refractivity contribution in [2.75, 3.05) is 11.9 Å². The predicted octanol–water partition coefficient (Wildman–Crippen LogP) is 1.67. The Kier molecular flexibility index (Phi) is 4.48. The molecule has 0 radical (unpaired) electrons. The third kappa shape index (κ3) is 2.96. The normalized spacial score (nSPS) is 18.0. The molecule has 1 fully saturated rings. The Morgan fingerprint density at radius 2 is 2.06 bits per heavy atom. The molecule has 1 aromatic heterocycles. The van der Waals surface area contributed by atoms with E-state index in [0.29, 0.717) is 24.0 Å². The Hall–Kier alpha value is -1.67. The lowest BCUT2D eigenvalue weighted by molar-refractivity contribution is 0.320. The largest absolute Gasteiger partial charge is 0.363 e. The van der Waals surface area contributed by atoms with Crippen molar-refractivity contribution in [1.29, 1.82) is 5.26 Å². The topological polar surface area (TPSA) is 87.6 Å². The molecular formula is C13H19N5. The fraction of sp³-hybridized carbons (Fsp3) is 0.615. The van der Waals surface area contributed by atoms with Gasteiger partial charge in [-0.15, -0.1) is 0 Å². The Morgan fingerprint density at radius 1 is 1.33 bits per heavy atom. The molecule has 96 valence electrons. The lowest BCUT2D eigenvalue weighted by Gasteiger charge is -2.30. The molecular weight excluding hydrogens is 226 g/mol. The molecule has 1 unspecified atom stereocenters. The van der Waals surface area contributed by atoms with E-state index in [1.54, 1.807) is 6.20 Å². The minimum atomic E-state index is 0.189. The minimum Gasteiger partial charge on any atom is -0.363 e. The summed E-state index contributed by atoms with van der Waals surface area (Å²) in [5.74, 6) is 1.14. The van der Waals surface area contributed by atoms with E-state index in [4.69, 9.17) is 11.0 Å². The molecule has 0 saturated heterocycles. The summed E-state index contributed by atoms with van der Waals surface area (Å²) >= 11 is 0. The summed E-state index contributed by atoms with van der Waals surface area (Å²) in [6, 6.07) is 2.24. The van der Waals surface area contributed by atoms with Crippen LogP contribution >= 0.6 is 0 Å². The second-order valence-electron chi connectivity index (χ2n) is 4.75. The fourth-order valence-corrected chi connectivity index (χ4v) is 2.61. The highest BCUT2D eigenvalue weighted by Gasteiger charge is 2.23. The highest BCUT2D eigenvalue weighted by atomic mass is 15.1. The predicted molar refractivity (Wildman–Crippen MR) is 69.8 cm³/mol. The zero-order valence-electron chi connectivity index (χ0n) is 10.5. The van der Waals surface area contributed by atoms with Crippen LogP contribution in [0, 0.1) is 17.2 Å². The highest BCUT2D eigenvalue weighted by Crippen LogP contribution is 2.27. The number of rotatable bonds is 4. The van der Waals surface area contributed by atoms with Crippen molar-refractivity contribution in [2.45, 2.75) is 38.1 Å². The molecule has 3 N–H and O–H groups in total. The number of hydrogen-bond donors (Lipinski definition) is 2. The smallest absolute Gasteiger partial charge is 0.182 e. The van der Waals surface area contributed by atoms with Gasteiger partial charge in [-0.05, 0) is 18.8 Å². The van der Waals surface area contributed by atoms with Gasteiger partial charge in [-0.3, -0.25) is 0 Å². The van der Waals surface area contributed by atoms with Crippen LogP contribution in [0.15, 0.2) is 12.4 Å². The Labute approximate surface area is 107 Å². The molecule has 1 aliphatic rings. The highest BCUT2D eigenvalue weighted by molar-refractivity contribution is 5.47. The van der Waals surface area contributed by atoms with Gasteiger partial charge in [-0.2, -0.15) is 5.26 Å². The van der Waals surface area contributed by atoms with Crippen molar-refractivity contribution in [3.8, 4) is 6.07 Å². The van der Waals surface area contributed by atoms with Gasteiger partial charge in [0.2, 0.25) is 0 Å². The third-order valence-corrected chi connectivity index (χ3v) is 3.60. The van der Waals surface area contributed by atoms with Gasteiger partial charge < -0.3 is 11.1 Å². The summed E-state index contributed by atoms with van der Waals surface area (Å²) < 4.78 is 0. The van der Waals surface area contributed by atoms with E-state index in [9.17, 15) is 0 Å². The maximum atomic E-state index is 8.99. The zero-order valence-corrected chi connectivity index (χ0v) is 10.5. The number of hydrogen-bond acceptors (Lipinski definition) is 5. The van der Waals surface area contributed by atoms with Crippen molar-refractivity contribution in [3.05, 3.63) is 18.1 Å². The van der Waals surface area contributed by atoms with Crippen LogP contribution in [-0.2, 0) is 0 Å². The van der Waals surface area contributed by atoms with Crippen LogP contribution < -0.4 is 11.1 Å². The van der Waals surface area contributed by atoms with Crippen LogP contribution in [0.4, 0.5) is 5.82 Å². The fourth-order valence-electron chi connectivity index (χ4n) is 2.61. The molecule has 1 saturated carbocycles. The van der Waals surface area contributed by atoms with Crippen LogP contribution in [0.3, 0.4) is 0 Å². The third-order valence-electron chi connectivity index (χ3n) is 3.60. The van der Waals surface area contributed by atoms with Crippen molar-refractivity contribution in [2.24, 2.45) is 11.7 Å². The van der Waals surface area contributed by atoms with E-state index in [2.05, 4.69) is 21.4 Å². The molecule has 0 aromatic carbocycles. The van der Waals surface area contributed by atoms with E-state index >= 15 is 0 Å². The van der Waals surface area contributed by atoms with E-state index in [1.165, 1.54) is 38.3 Å². The molecule has 0 bridgehead atoms. The first-order chi connectivity index (χ1) is 8.85. The average Bonchev–Trinajstić information content (AvgIpc) is 2.46. The van der Waals surface area contributed by atoms with E-state index in [0.717, 1.165) is 0 Å². The first-order valence-corrected chi connectivity index (χ1v) is 6.53. The number of anilines is 1. The van der Waals surface area contributed by atoms with Gasteiger partial charge in [0, 0.05) is 25.0 Å². The quantitative estimate of drug-likeness (QED) is 0.842. The van der Waals surface area contributed by atoms with Crippen molar-refractivity contribution >= 4 is 5.82 Å². The average molecular weight is 245 g/mol. The van der Waals surface area contributed by atoms with Crippen LogP contribution in [0.1, 0.15) is 37.8 Å². The molecule has 1 aromatic rings. The van der Waals surface area contributed by atoms with Gasteiger partial charge in [0.15, 0.2) is 11.5 Å². The Balaban J connectivity index is 2.07. The zero-order chi connectivity index (χ0) is 12.8. The second kappa shape index (κ2) is 6.31. The molecule has 1 atom stereocenters. The number of nitrogens with one attached hydrogen (secondary N) is 1. The van der Waals surface area contributed by atoms with Crippen LogP contribution in [0.2, 0.25) is 0 Å². The SMILES string of the molecule is N#Cc1nccnc1NC(CN)C1CCCCC1. The Bertz CT molecular complexity index is 420. The number of nitriles is 1. The van der Waals surface area contributed by atoms with E-state index < -0.39 is 0 Å². The minimum absolute atomic E-state index is 0.189. The summed E-state index contributed by atoms with van der Waals surface area (Å²) in [6.45, 7) is 0.562. The lowest BCUT2D eigenvalue weighted by atomic mass is 9.84. The summed E-state index contributed by atoms with van der Waals surface area (Å²) in [5.41, 5.74) is 6.19. The molecule has 5 heteroatoms. The maximum Gasteiger partial charge on any atom is 0.182 e. The van der Waals surface area contributed by atoms with Crippen LogP contribution in [0.5, 0.6) is 0 Å². The molecule has 1 heterocycles. The van der Waals surface area contributed by atoms with Crippen molar-refractivity contribution < 1.29 is 0 Å². The standard InChI is InChI=1S/C13H19N5/c14-8-11(10-4-2-1-3-5-10)18-13-12(9-15)16-6-7-17-13/h6-7,10-11H,1-5,8,14H2,(H,17,18). The van der Waals surface area contributed by atoms with Gasteiger partial charge in [0.05, 0.1) is 0 Å². The summed E-state index contributed by atoms with van der Waals surface area (Å²) in [6.07, 6.45) is 9.40. The van der Waals surface area contributed by atoms with Crippen LogP contribution in [0.25, 0.3) is 0 Å². The van der Waals surface area contributed by atoms with Gasteiger partial charge in [0.1, 0.15) is 6.07 Å². The number of nitrogens with zero attached hydrogens (tertiary/aromatic N) is 3. The maximum absolute atomic E-state index is 8.99. The Morgan fingerprint density at radius 3 is 2.72 bits per heavy atom. The monoisotopic (exact) mass is 245 g/mol. The number of nitrogens with two attached hydrogens (primary N) is 1. The molecule has 18 heavy (non-hydrogen) atoms. The molecule has 2 rings (SSSR count). The second-order valence-corrected chi connectivity index (χ2v) is 4.75. The number of aromatic nitrogens is 2. The molecule has 1 aliphatic carbocycles. The van der Waals surface area contributed by atoms with Gasteiger partial charge in [-0.1, -0.05) is 19.3 Å². The van der Waals surface area contributed by atoms with Crippen molar-refractivity contribution in [3.63, 3.8) is 0 Å². The summed E-state index contributed by atoms with van der Waals surface area (Å²) in [4.78, 5) is 8.18. The van der Waals surface area contributed by atoms with Gasteiger partial charge in [0.25, 0.3) is 0 Å². The summed E-state index contributed by atoms with van der Waals surface area (Å²) in [7, 11) is 0. The molecule has 0 aliphatic heterocycles.